The molecule has 0 aromatic heterocycles. The van der Waals surface area contributed by atoms with Gasteiger partial charge in [-0.3, -0.25) is 0 Å². The van der Waals surface area contributed by atoms with Crippen molar-refractivity contribution in [2.75, 3.05) is 0 Å². The second kappa shape index (κ2) is 1.70. The zero-order valence-electron chi connectivity index (χ0n) is 5.33. The maximum absolute atomic E-state index is 9.24. The van der Waals surface area contributed by atoms with E-state index in [0.717, 1.165) is 12.8 Å². The predicted octanol–water partition coefficient (Wildman–Crippen LogP) is 0.138. The quantitative estimate of drug-likeness (QED) is 0.487. The summed E-state index contributed by atoms with van der Waals surface area (Å²) in [6.45, 7) is 0. The molecule has 0 radical (unpaired) electrons. The largest absolute Gasteiger partial charge is 0.390 e. The molecule has 2 saturated carbocycles. The molecule has 2 N–H and O–H groups in total. The average molecular weight is 128 g/mol. The molecule has 0 bridgehead atoms. The molecule has 2 heteroatoms. The van der Waals surface area contributed by atoms with Crippen LogP contribution in [0.4, 0.5) is 0 Å². The fourth-order valence-corrected chi connectivity index (χ4v) is 2.07. The SMILES string of the molecule is O[C@@H]1[C@H]2CC[C@H]2C[C@@H]1O. The van der Waals surface area contributed by atoms with Crippen LogP contribution in [0.1, 0.15) is 19.3 Å². The Morgan fingerprint density at radius 2 is 1.89 bits per heavy atom. The zero-order chi connectivity index (χ0) is 6.43. The van der Waals surface area contributed by atoms with E-state index in [1.807, 2.05) is 0 Å². The van der Waals surface area contributed by atoms with Crippen LogP contribution in [0.25, 0.3) is 0 Å². The van der Waals surface area contributed by atoms with Gasteiger partial charge >= 0.3 is 0 Å². The second-order valence-electron chi connectivity index (χ2n) is 3.29. The Bertz CT molecular complexity index is 120. The van der Waals surface area contributed by atoms with E-state index in [2.05, 4.69) is 0 Å². The molecule has 0 aliphatic heterocycles. The lowest BCUT2D eigenvalue weighted by atomic mass is 9.76. The Morgan fingerprint density at radius 3 is 2.11 bits per heavy atom. The topological polar surface area (TPSA) is 40.5 Å². The summed E-state index contributed by atoms with van der Waals surface area (Å²) in [5, 5.41) is 18.4. The van der Waals surface area contributed by atoms with Crippen molar-refractivity contribution in [2.45, 2.75) is 31.5 Å². The minimum atomic E-state index is -0.414. The number of hydrogen-bond acceptors (Lipinski definition) is 2. The van der Waals surface area contributed by atoms with Crippen molar-refractivity contribution in [2.24, 2.45) is 11.8 Å². The molecule has 2 aliphatic rings. The first kappa shape index (κ1) is 5.69. The predicted molar refractivity (Wildman–Crippen MR) is 32.8 cm³/mol. The van der Waals surface area contributed by atoms with Gasteiger partial charge in [-0.05, 0) is 31.1 Å². The highest BCUT2D eigenvalue weighted by molar-refractivity contribution is 4.97. The molecular formula is C7H12O2. The van der Waals surface area contributed by atoms with Crippen molar-refractivity contribution in [1.82, 2.24) is 0 Å². The van der Waals surface area contributed by atoms with Crippen LogP contribution in [0, 0.1) is 11.8 Å². The molecule has 4 atom stereocenters. The molecule has 2 aliphatic carbocycles. The van der Waals surface area contributed by atoms with Crippen molar-refractivity contribution in [3.8, 4) is 0 Å². The minimum absolute atomic E-state index is 0.399. The van der Waals surface area contributed by atoms with Crippen LogP contribution >= 0.6 is 0 Å². The summed E-state index contributed by atoms with van der Waals surface area (Å²) in [4.78, 5) is 0. The molecule has 0 aromatic carbocycles. The van der Waals surface area contributed by atoms with Crippen molar-refractivity contribution in [3.63, 3.8) is 0 Å². The van der Waals surface area contributed by atoms with Gasteiger partial charge in [0.2, 0.25) is 0 Å². The van der Waals surface area contributed by atoms with Crippen LogP contribution in [0.15, 0.2) is 0 Å². The molecule has 0 heterocycles. The average Bonchev–Trinajstić information content (AvgIpc) is 1.92. The summed E-state index contributed by atoms with van der Waals surface area (Å²) < 4.78 is 0. The molecule has 2 rings (SSSR count). The number of aliphatic hydroxyl groups is 2. The van der Waals surface area contributed by atoms with E-state index in [9.17, 15) is 5.11 Å². The van der Waals surface area contributed by atoms with Crippen LogP contribution in [0.3, 0.4) is 0 Å². The van der Waals surface area contributed by atoms with Gasteiger partial charge in [-0.15, -0.1) is 0 Å². The van der Waals surface area contributed by atoms with E-state index in [1.54, 1.807) is 0 Å². The number of fused-ring (bicyclic) bond motifs is 1. The van der Waals surface area contributed by atoms with Gasteiger partial charge in [-0.2, -0.15) is 0 Å². The Labute approximate surface area is 54.5 Å². The van der Waals surface area contributed by atoms with Crippen molar-refractivity contribution in [3.05, 3.63) is 0 Å². The van der Waals surface area contributed by atoms with E-state index in [4.69, 9.17) is 5.11 Å². The number of rotatable bonds is 0. The standard InChI is InChI=1S/C7H12O2/c8-6-3-4-1-2-5(4)7(6)9/h4-9H,1-3H2/t4-,5-,6-,7+/m0/s1. The van der Waals surface area contributed by atoms with Gasteiger partial charge in [0.25, 0.3) is 0 Å². The Hall–Kier alpha value is -0.0800. The lowest BCUT2D eigenvalue weighted by Crippen LogP contribution is -2.30. The van der Waals surface area contributed by atoms with Crippen molar-refractivity contribution < 1.29 is 10.2 Å². The lowest BCUT2D eigenvalue weighted by molar-refractivity contribution is 0.00501. The molecule has 2 nitrogen and oxygen atoms in total. The first-order valence-corrected chi connectivity index (χ1v) is 3.65. The Kier molecular flexibility index (Phi) is 1.08. The first-order valence-electron chi connectivity index (χ1n) is 3.65. The summed E-state index contributed by atoms with van der Waals surface area (Å²) in [5.74, 6) is 1.09. The van der Waals surface area contributed by atoms with Gasteiger partial charge in [0.05, 0.1) is 12.2 Å². The van der Waals surface area contributed by atoms with Crippen LogP contribution in [0.2, 0.25) is 0 Å². The molecule has 0 spiro atoms. The fraction of sp³-hybridized carbons (Fsp3) is 1.00. The smallest absolute Gasteiger partial charge is 0.0829 e. The maximum Gasteiger partial charge on any atom is 0.0829 e. The van der Waals surface area contributed by atoms with Gasteiger partial charge in [0, 0.05) is 0 Å². The summed E-state index contributed by atoms with van der Waals surface area (Å²) in [7, 11) is 0. The summed E-state index contributed by atoms with van der Waals surface area (Å²) in [6, 6.07) is 0. The van der Waals surface area contributed by atoms with Crippen LogP contribution in [0.5, 0.6) is 0 Å². The number of aliphatic hydroxyl groups excluding tert-OH is 2. The Balaban J connectivity index is 2.07. The van der Waals surface area contributed by atoms with Gasteiger partial charge < -0.3 is 10.2 Å². The second-order valence-corrected chi connectivity index (χ2v) is 3.29. The van der Waals surface area contributed by atoms with Crippen molar-refractivity contribution in [1.29, 1.82) is 0 Å². The van der Waals surface area contributed by atoms with E-state index in [-0.39, 0.29) is 0 Å². The van der Waals surface area contributed by atoms with Gasteiger partial charge in [-0.25, -0.2) is 0 Å². The monoisotopic (exact) mass is 128 g/mol. The highest BCUT2D eigenvalue weighted by Crippen LogP contribution is 2.46. The van der Waals surface area contributed by atoms with Crippen LogP contribution in [-0.2, 0) is 0 Å². The van der Waals surface area contributed by atoms with Gasteiger partial charge in [0.1, 0.15) is 0 Å². The third-order valence-corrected chi connectivity index (χ3v) is 2.85. The molecule has 9 heavy (non-hydrogen) atoms. The maximum atomic E-state index is 9.24. The molecule has 0 unspecified atom stereocenters. The van der Waals surface area contributed by atoms with Gasteiger partial charge in [-0.1, -0.05) is 0 Å². The zero-order valence-corrected chi connectivity index (χ0v) is 5.33. The van der Waals surface area contributed by atoms with E-state index in [0.29, 0.717) is 11.8 Å². The first-order chi connectivity index (χ1) is 4.29. The van der Waals surface area contributed by atoms with E-state index in [1.165, 1.54) is 6.42 Å². The normalized spacial score (nSPS) is 56.7. The highest BCUT2D eigenvalue weighted by atomic mass is 16.3. The summed E-state index contributed by atoms with van der Waals surface area (Å²) in [6.07, 6.45) is 2.37. The Morgan fingerprint density at radius 1 is 1.11 bits per heavy atom. The van der Waals surface area contributed by atoms with Crippen molar-refractivity contribution >= 4 is 0 Å². The third kappa shape index (κ3) is 0.634. The molecular weight excluding hydrogens is 116 g/mol. The van der Waals surface area contributed by atoms with Gasteiger partial charge in [0.15, 0.2) is 0 Å². The van der Waals surface area contributed by atoms with Crippen LogP contribution in [-0.4, -0.2) is 22.4 Å². The minimum Gasteiger partial charge on any atom is -0.390 e. The van der Waals surface area contributed by atoms with E-state index >= 15 is 0 Å². The summed E-state index contributed by atoms with van der Waals surface area (Å²) in [5.41, 5.74) is 0. The highest BCUT2D eigenvalue weighted by Gasteiger charge is 2.46. The molecule has 0 amide bonds. The molecule has 2 fully saturated rings. The van der Waals surface area contributed by atoms with Crippen LogP contribution < -0.4 is 0 Å². The molecule has 0 aromatic rings. The third-order valence-electron chi connectivity index (χ3n) is 2.85. The summed E-state index contributed by atoms with van der Waals surface area (Å²) >= 11 is 0. The molecule has 0 saturated heterocycles. The fourth-order valence-electron chi connectivity index (χ4n) is 2.07. The molecule has 52 valence electrons. The number of hydrogen-bond donors (Lipinski definition) is 2. The van der Waals surface area contributed by atoms with E-state index < -0.39 is 12.2 Å². The lowest BCUT2D eigenvalue weighted by Gasteiger charge is -2.31.